The Labute approximate surface area is 335 Å². The molecule has 4 aromatic heterocycles. The molecule has 0 amide bonds. The number of hydrogen-bond acceptors (Lipinski definition) is 5. The van der Waals surface area contributed by atoms with Crippen molar-refractivity contribution in [2.45, 2.75) is 0 Å². The maximum absolute atomic E-state index is 5.24. The predicted molar refractivity (Wildman–Crippen MR) is 242 cm³/mol. The van der Waals surface area contributed by atoms with Crippen LogP contribution >= 0.6 is 22.7 Å². The molecule has 266 valence electrons. The van der Waals surface area contributed by atoms with Gasteiger partial charge in [0.1, 0.15) is 0 Å². The number of thiophene rings is 2. The first kappa shape index (κ1) is 32.3. The molecule has 0 spiro atoms. The van der Waals surface area contributed by atoms with E-state index in [4.69, 9.17) is 15.0 Å². The molecule has 0 bridgehead atoms. The molecule has 4 heterocycles. The fourth-order valence-electron chi connectivity index (χ4n) is 8.46. The predicted octanol–water partition coefficient (Wildman–Crippen LogP) is 14.4. The van der Waals surface area contributed by atoms with Crippen molar-refractivity contribution in [3.8, 4) is 51.0 Å². The van der Waals surface area contributed by atoms with E-state index in [1.54, 1.807) is 11.3 Å². The highest BCUT2D eigenvalue weighted by molar-refractivity contribution is 7.26. The fourth-order valence-corrected chi connectivity index (χ4v) is 10.8. The van der Waals surface area contributed by atoms with Crippen molar-refractivity contribution in [2.24, 2.45) is 0 Å². The minimum Gasteiger partial charge on any atom is -0.309 e. The molecule has 0 radical (unpaired) electrons. The van der Waals surface area contributed by atoms with Crippen LogP contribution in [0.4, 0.5) is 0 Å². The van der Waals surface area contributed by atoms with Crippen molar-refractivity contribution in [3.05, 3.63) is 182 Å². The summed E-state index contributed by atoms with van der Waals surface area (Å²) in [5.74, 6) is 1.99. The Hall–Kier alpha value is -6.99. The van der Waals surface area contributed by atoms with Crippen molar-refractivity contribution >= 4 is 84.8 Å². The Morgan fingerprint density at radius 2 is 0.982 bits per heavy atom. The smallest absolute Gasteiger partial charge is 0.164 e. The Bertz CT molecular complexity index is 3530. The van der Waals surface area contributed by atoms with Gasteiger partial charge in [0.2, 0.25) is 0 Å². The summed E-state index contributed by atoms with van der Waals surface area (Å²) in [6.45, 7) is 0. The van der Waals surface area contributed by atoms with Gasteiger partial charge in [0.05, 0.1) is 11.0 Å². The van der Waals surface area contributed by atoms with E-state index in [9.17, 15) is 0 Å². The van der Waals surface area contributed by atoms with Crippen LogP contribution in [-0.2, 0) is 0 Å². The zero-order valence-electron chi connectivity index (χ0n) is 30.4. The molecule has 0 saturated heterocycles. The summed E-state index contributed by atoms with van der Waals surface area (Å²) in [7, 11) is 0. The molecule has 0 atom stereocenters. The Morgan fingerprint density at radius 1 is 0.351 bits per heavy atom. The fraction of sp³-hybridized carbons (Fsp3) is 0. The van der Waals surface area contributed by atoms with E-state index in [0.29, 0.717) is 17.5 Å². The Balaban J connectivity index is 1.03. The molecular weight excluding hydrogens is 733 g/mol. The first-order valence-electron chi connectivity index (χ1n) is 19.0. The molecule has 4 nitrogen and oxygen atoms in total. The lowest BCUT2D eigenvalue weighted by atomic mass is 10.0. The molecular formula is C51H30N4S2. The first-order chi connectivity index (χ1) is 28.2. The SMILES string of the molecule is c1ccc(-c2nc(-c3ccc4sc5c(-c6ccc7c8ccccc8n(-c8ccccc8)c7c6)cccc5c4c3)nc(-c3cccc4sc5ccccc5c34)n2)cc1. The van der Waals surface area contributed by atoms with Gasteiger partial charge in [-0.25, -0.2) is 15.0 Å². The molecule has 8 aromatic carbocycles. The second kappa shape index (κ2) is 12.8. The summed E-state index contributed by atoms with van der Waals surface area (Å²) in [5.41, 5.74) is 8.93. The van der Waals surface area contributed by atoms with Gasteiger partial charge in [0.25, 0.3) is 0 Å². The van der Waals surface area contributed by atoms with Gasteiger partial charge < -0.3 is 4.57 Å². The standard InChI is InChI=1S/C51H30N4S2/c1-3-13-31(14-4-1)49-52-50(54-51(53-49)40-21-12-24-46-47(40)39-18-8-10-23-44(39)56-46)33-26-28-45-41(29-33)38-20-11-19-35(48(38)57-45)32-25-27-37-36-17-7-9-22-42(36)55(43(37)30-32)34-15-5-2-6-16-34/h1-30H. The summed E-state index contributed by atoms with van der Waals surface area (Å²) in [5, 5.41) is 7.34. The average Bonchev–Trinajstić information content (AvgIpc) is 3.96. The molecule has 0 aliphatic carbocycles. The second-order valence-corrected chi connectivity index (χ2v) is 16.5. The quantitative estimate of drug-likeness (QED) is 0.175. The van der Waals surface area contributed by atoms with E-state index in [-0.39, 0.29) is 0 Å². The topological polar surface area (TPSA) is 43.6 Å². The number of fused-ring (bicyclic) bond motifs is 9. The van der Waals surface area contributed by atoms with Crippen molar-refractivity contribution in [2.75, 3.05) is 0 Å². The van der Waals surface area contributed by atoms with E-state index >= 15 is 0 Å². The summed E-state index contributed by atoms with van der Waals surface area (Å²) in [6.07, 6.45) is 0. The third-order valence-corrected chi connectivity index (χ3v) is 13.4. The number of rotatable bonds is 5. The van der Waals surface area contributed by atoms with Crippen LogP contribution in [0.15, 0.2) is 182 Å². The number of nitrogens with zero attached hydrogens (tertiary/aromatic N) is 4. The van der Waals surface area contributed by atoms with Crippen molar-refractivity contribution in [3.63, 3.8) is 0 Å². The van der Waals surface area contributed by atoms with Gasteiger partial charge in [-0.2, -0.15) is 0 Å². The van der Waals surface area contributed by atoms with Crippen LogP contribution in [0, 0.1) is 0 Å². The zero-order chi connectivity index (χ0) is 37.5. The largest absolute Gasteiger partial charge is 0.309 e. The Morgan fingerprint density at radius 3 is 1.86 bits per heavy atom. The van der Waals surface area contributed by atoms with Crippen LogP contribution in [0.3, 0.4) is 0 Å². The molecule has 12 aromatic rings. The number of benzene rings is 8. The third-order valence-electron chi connectivity index (χ3n) is 11.1. The van der Waals surface area contributed by atoms with Gasteiger partial charge in [0, 0.05) is 73.5 Å². The molecule has 0 aliphatic rings. The molecule has 57 heavy (non-hydrogen) atoms. The minimum absolute atomic E-state index is 0.659. The van der Waals surface area contributed by atoms with Gasteiger partial charge in [-0.15, -0.1) is 22.7 Å². The lowest BCUT2D eigenvalue weighted by Crippen LogP contribution is -2.00. The first-order valence-corrected chi connectivity index (χ1v) is 20.7. The summed E-state index contributed by atoms with van der Waals surface area (Å²) < 4.78 is 7.36. The van der Waals surface area contributed by atoms with E-state index in [0.717, 1.165) is 22.4 Å². The van der Waals surface area contributed by atoms with E-state index in [1.165, 1.54) is 73.3 Å². The van der Waals surface area contributed by atoms with Crippen LogP contribution < -0.4 is 0 Å². The van der Waals surface area contributed by atoms with Gasteiger partial charge in [0.15, 0.2) is 17.5 Å². The summed E-state index contributed by atoms with van der Waals surface area (Å²) in [4.78, 5) is 15.5. The van der Waals surface area contributed by atoms with E-state index in [1.807, 2.05) is 29.5 Å². The normalized spacial score (nSPS) is 11.9. The lowest BCUT2D eigenvalue weighted by Gasteiger charge is -2.10. The van der Waals surface area contributed by atoms with Crippen LogP contribution in [0.2, 0.25) is 0 Å². The number of hydrogen-bond donors (Lipinski definition) is 0. The third kappa shape index (κ3) is 5.15. The highest BCUT2D eigenvalue weighted by atomic mass is 32.1. The molecule has 0 saturated carbocycles. The molecule has 0 fully saturated rings. The lowest BCUT2D eigenvalue weighted by molar-refractivity contribution is 1.08. The maximum Gasteiger partial charge on any atom is 0.164 e. The second-order valence-electron chi connectivity index (χ2n) is 14.4. The van der Waals surface area contributed by atoms with Crippen molar-refractivity contribution < 1.29 is 0 Å². The van der Waals surface area contributed by atoms with Crippen molar-refractivity contribution in [1.29, 1.82) is 0 Å². The van der Waals surface area contributed by atoms with Crippen LogP contribution in [0.25, 0.3) is 113 Å². The zero-order valence-corrected chi connectivity index (χ0v) is 32.1. The molecule has 12 rings (SSSR count). The highest BCUT2D eigenvalue weighted by Crippen LogP contribution is 2.44. The Kier molecular flexibility index (Phi) is 7.24. The van der Waals surface area contributed by atoms with Crippen LogP contribution in [-0.4, -0.2) is 19.5 Å². The number of para-hydroxylation sites is 2. The molecule has 0 aliphatic heterocycles. The molecule has 6 heteroatoms. The van der Waals surface area contributed by atoms with Gasteiger partial charge in [-0.05, 0) is 65.7 Å². The number of aromatic nitrogens is 4. The minimum atomic E-state index is 0.659. The molecule has 0 unspecified atom stereocenters. The monoisotopic (exact) mass is 762 g/mol. The van der Waals surface area contributed by atoms with Gasteiger partial charge >= 0.3 is 0 Å². The molecule has 0 N–H and O–H groups in total. The van der Waals surface area contributed by atoms with Crippen molar-refractivity contribution in [1.82, 2.24) is 19.5 Å². The highest BCUT2D eigenvalue weighted by Gasteiger charge is 2.19. The van der Waals surface area contributed by atoms with E-state index < -0.39 is 0 Å². The summed E-state index contributed by atoms with van der Waals surface area (Å²) >= 11 is 3.65. The van der Waals surface area contributed by atoms with Gasteiger partial charge in [-0.3, -0.25) is 0 Å². The average molecular weight is 763 g/mol. The van der Waals surface area contributed by atoms with Crippen LogP contribution in [0.1, 0.15) is 0 Å². The maximum atomic E-state index is 5.24. The summed E-state index contributed by atoms with van der Waals surface area (Å²) in [6, 6.07) is 64.9. The van der Waals surface area contributed by atoms with Gasteiger partial charge in [-0.1, -0.05) is 127 Å². The van der Waals surface area contributed by atoms with E-state index in [2.05, 4.69) is 168 Å². The van der Waals surface area contributed by atoms with Crippen LogP contribution in [0.5, 0.6) is 0 Å².